The van der Waals surface area contributed by atoms with Gasteiger partial charge in [0.2, 0.25) is 0 Å². The normalized spacial score (nSPS) is 11.7. The van der Waals surface area contributed by atoms with Crippen molar-refractivity contribution in [2.75, 3.05) is 20.3 Å². The first-order valence-electron chi connectivity index (χ1n) is 7.09. The molecule has 0 aromatic heterocycles. The number of rotatable bonds is 5. The lowest BCUT2D eigenvalue weighted by molar-refractivity contribution is 0.0866. The lowest BCUT2D eigenvalue weighted by Crippen LogP contribution is -2.41. The van der Waals surface area contributed by atoms with Gasteiger partial charge in [-0.3, -0.25) is 4.79 Å². The van der Waals surface area contributed by atoms with Gasteiger partial charge < -0.3 is 15.8 Å². The summed E-state index contributed by atoms with van der Waals surface area (Å²) >= 11 is 0. The van der Waals surface area contributed by atoms with E-state index >= 15 is 0 Å². The van der Waals surface area contributed by atoms with Crippen LogP contribution in [0.2, 0.25) is 0 Å². The van der Waals surface area contributed by atoms with Crippen molar-refractivity contribution in [3.8, 4) is 11.8 Å². The highest BCUT2D eigenvalue weighted by atomic mass is 16.5. The summed E-state index contributed by atoms with van der Waals surface area (Å²) in [5.74, 6) is 5.90. The van der Waals surface area contributed by atoms with Crippen LogP contribution in [0.3, 0.4) is 0 Å². The van der Waals surface area contributed by atoms with Crippen LogP contribution >= 0.6 is 0 Å². The fourth-order valence-corrected chi connectivity index (χ4v) is 1.93. The first-order chi connectivity index (χ1) is 9.99. The fourth-order valence-electron chi connectivity index (χ4n) is 1.93. The highest BCUT2D eigenvalue weighted by Crippen LogP contribution is 2.12. The molecule has 0 bridgehead atoms. The van der Waals surface area contributed by atoms with Gasteiger partial charge in [0.1, 0.15) is 0 Å². The predicted octanol–water partition coefficient (Wildman–Crippen LogP) is 1.71. The summed E-state index contributed by atoms with van der Waals surface area (Å²) in [6.07, 6.45) is 0. The summed E-state index contributed by atoms with van der Waals surface area (Å²) in [4.78, 5) is 12.5. The molecule has 0 aliphatic carbocycles. The third kappa shape index (κ3) is 5.22. The van der Waals surface area contributed by atoms with E-state index in [0.29, 0.717) is 17.7 Å². The third-order valence-electron chi connectivity index (χ3n) is 3.21. The maximum Gasteiger partial charge on any atom is 0.252 e. The van der Waals surface area contributed by atoms with Crippen LogP contribution in [0.4, 0.5) is 0 Å². The van der Waals surface area contributed by atoms with E-state index in [1.807, 2.05) is 25.1 Å². The van der Waals surface area contributed by atoms with Gasteiger partial charge in [-0.15, -0.1) is 0 Å². The molecule has 0 radical (unpaired) electrons. The summed E-state index contributed by atoms with van der Waals surface area (Å²) < 4.78 is 5.16. The minimum absolute atomic E-state index is 0.0293. The van der Waals surface area contributed by atoms with Crippen LogP contribution in [-0.2, 0) is 4.74 Å². The smallest absolute Gasteiger partial charge is 0.252 e. The second-order valence-corrected chi connectivity index (χ2v) is 5.33. The Balaban J connectivity index is 3.02. The zero-order chi connectivity index (χ0) is 15.8. The molecule has 21 heavy (non-hydrogen) atoms. The van der Waals surface area contributed by atoms with Crippen LogP contribution in [-0.4, -0.2) is 32.2 Å². The molecule has 1 atom stereocenters. The predicted molar refractivity (Wildman–Crippen MR) is 85.1 cm³/mol. The molecular weight excluding hydrogens is 264 g/mol. The van der Waals surface area contributed by atoms with Crippen molar-refractivity contribution >= 4 is 5.91 Å². The van der Waals surface area contributed by atoms with Gasteiger partial charge in [0.25, 0.3) is 5.91 Å². The van der Waals surface area contributed by atoms with Gasteiger partial charge in [0.05, 0.1) is 24.8 Å². The van der Waals surface area contributed by atoms with E-state index in [0.717, 1.165) is 5.56 Å². The number of hydrogen-bond donors (Lipinski definition) is 2. The minimum Gasteiger partial charge on any atom is -0.383 e. The summed E-state index contributed by atoms with van der Waals surface area (Å²) in [5, 5.41) is 3.01. The molecule has 0 fully saturated rings. The van der Waals surface area contributed by atoms with Crippen LogP contribution in [0, 0.1) is 24.7 Å². The number of nitrogens with one attached hydrogen (secondary N) is 1. The molecule has 4 heteroatoms. The highest BCUT2D eigenvalue weighted by Gasteiger charge is 2.18. The maximum absolute atomic E-state index is 12.5. The minimum atomic E-state index is -0.129. The lowest BCUT2D eigenvalue weighted by atomic mass is 10.0. The molecule has 1 amide bonds. The van der Waals surface area contributed by atoms with E-state index in [1.165, 1.54) is 0 Å². The fraction of sp³-hybridized carbons (Fsp3) is 0.471. The molecule has 3 N–H and O–H groups in total. The Bertz CT molecular complexity index is 541. The molecule has 0 heterocycles. The molecule has 1 rings (SSSR count). The van der Waals surface area contributed by atoms with Gasteiger partial charge >= 0.3 is 0 Å². The Morgan fingerprint density at radius 1 is 1.43 bits per heavy atom. The number of hydrogen-bond acceptors (Lipinski definition) is 3. The second-order valence-electron chi connectivity index (χ2n) is 5.33. The van der Waals surface area contributed by atoms with Crippen LogP contribution in [0.25, 0.3) is 0 Å². The van der Waals surface area contributed by atoms with Crippen molar-refractivity contribution in [1.29, 1.82) is 0 Å². The summed E-state index contributed by atoms with van der Waals surface area (Å²) in [5.41, 5.74) is 7.70. The molecule has 1 aromatic rings. The van der Waals surface area contributed by atoms with Gasteiger partial charge in [-0.05, 0) is 25.0 Å². The van der Waals surface area contributed by atoms with Gasteiger partial charge in [0.15, 0.2) is 0 Å². The Kier molecular flexibility index (Phi) is 6.93. The number of benzene rings is 1. The standard InChI is InChI=1S/C17H24N2O2/c1-12(2)16(11-21-4)19-17(20)15-10-13(3)7-8-14(15)6-5-9-18/h7-8,10,12,16H,9,11,18H2,1-4H3,(H,19,20). The topological polar surface area (TPSA) is 64.3 Å². The first kappa shape index (κ1) is 17.2. The number of methoxy groups -OCH3 is 1. The number of carbonyl (C=O) groups excluding carboxylic acids is 1. The van der Waals surface area contributed by atoms with Crippen molar-refractivity contribution < 1.29 is 9.53 Å². The van der Waals surface area contributed by atoms with Crippen LogP contribution in [0.1, 0.15) is 35.3 Å². The molecule has 0 saturated carbocycles. The van der Waals surface area contributed by atoms with Crippen molar-refractivity contribution in [2.24, 2.45) is 11.7 Å². The number of amides is 1. The molecular formula is C17H24N2O2. The van der Waals surface area contributed by atoms with Crippen LogP contribution in [0.15, 0.2) is 18.2 Å². The maximum atomic E-state index is 12.5. The second kappa shape index (κ2) is 8.46. The average molecular weight is 288 g/mol. The highest BCUT2D eigenvalue weighted by molar-refractivity contribution is 5.97. The summed E-state index contributed by atoms with van der Waals surface area (Å²) in [7, 11) is 1.63. The van der Waals surface area contributed by atoms with E-state index in [4.69, 9.17) is 10.5 Å². The van der Waals surface area contributed by atoms with Crippen molar-refractivity contribution in [3.05, 3.63) is 34.9 Å². The summed E-state index contributed by atoms with van der Waals surface area (Å²) in [6, 6.07) is 5.61. The Hall–Kier alpha value is -1.83. The molecule has 0 spiro atoms. The monoisotopic (exact) mass is 288 g/mol. The van der Waals surface area contributed by atoms with Crippen LogP contribution < -0.4 is 11.1 Å². The van der Waals surface area contributed by atoms with Crippen molar-refractivity contribution in [3.63, 3.8) is 0 Å². The van der Waals surface area contributed by atoms with Crippen molar-refractivity contribution in [1.82, 2.24) is 5.32 Å². The number of aryl methyl sites for hydroxylation is 1. The van der Waals surface area contributed by atoms with Gasteiger partial charge in [0, 0.05) is 12.7 Å². The van der Waals surface area contributed by atoms with Gasteiger partial charge in [-0.1, -0.05) is 37.3 Å². The number of ether oxygens (including phenoxy) is 1. The average Bonchev–Trinajstić information content (AvgIpc) is 2.45. The molecule has 0 aliphatic heterocycles. The Labute approximate surface area is 127 Å². The Morgan fingerprint density at radius 3 is 2.71 bits per heavy atom. The van der Waals surface area contributed by atoms with E-state index in [-0.39, 0.29) is 24.4 Å². The largest absolute Gasteiger partial charge is 0.383 e. The molecule has 4 nitrogen and oxygen atoms in total. The third-order valence-corrected chi connectivity index (χ3v) is 3.21. The molecule has 0 aliphatic rings. The quantitative estimate of drug-likeness (QED) is 0.811. The molecule has 1 aromatic carbocycles. The Morgan fingerprint density at radius 2 is 2.14 bits per heavy atom. The first-order valence-corrected chi connectivity index (χ1v) is 7.09. The molecule has 0 saturated heterocycles. The zero-order valence-corrected chi connectivity index (χ0v) is 13.2. The number of carbonyl (C=O) groups is 1. The van der Waals surface area contributed by atoms with E-state index in [1.54, 1.807) is 7.11 Å². The van der Waals surface area contributed by atoms with E-state index < -0.39 is 0 Å². The van der Waals surface area contributed by atoms with Crippen LogP contribution in [0.5, 0.6) is 0 Å². The van der Waals surface area contributed by atoms with Gasteiger partial charge in [-0.25, -0.2) is 0 Å². The van der Waals surface area contributed by atoms with Gasteiger partial charge in [-0.2, -0.15) is 0 Å². The van der Waals surface area contributed by atoms with Crippen molar-refractivity contribution in [2.45, 2.75) is 26.8 Å². The molecule has 1 unspecified atom stereocenters. The van der Waals surface area contributed by atoms with E-state index in [2.05, 4.69) is 31.0 Å². The SMILES string of the molecule is COCC(NC(=O)c1cc(C)ccc1C#CCN)C(C)C. The molecule has 114 valence electrons. The summed E-state index contributed by atoms with van der Waals surface area (Å²) in [6.45, 7) is 6.81. The zero-order valence-electron chi connectivity index (χ0n) is 13.2. The number of nitrogens with two attached hydrogens (primary N) is 1. The lowest BCUT2D eigenvalue weighted by Gasteiger charge is -2.22. The van der Waals surface area contributed by atoms with E-state index in [9.17, 15) is 4.79 Å².